The van der Waals surface area contributed by atoms with Crippen LogP contribution in [-0.2, 0) is 9.53 Å². The van der Waals surface area contributed by atoms with Crippen molar-refractivity contribution >= 4 is 12.4 Å². The van der Waals surface area contributed by atoms with E-state index in [2.05, 4.69) is 5.32 Å². The first-order valence-electron chi connectivity index (χ1n) is 4.59. The van der Waals surface area contributed by atoms with E-state index in [9.17, 15) is 9.59 Å². The van der Waals surface area contributed by atoms with Crippen molar-refractivity contribution in [3.8, 4) is 0 Å². The smallest absolute Gasteiger partial charge is 0.407 e. The molecule has 14 heavy (non-hydrogen) atoms. The predicted molar refractivity (Wildman–Crippen MR) is 54.1 cm³/mol. The maximum atomic E-state index is 11.2. The maximum absolute atomic E-state index is 11.2. The van der Waals surface area contributed by atoms with Gasteiger partial charge >= 0.3 is 6.09 Å². The van der Waals surface area contributed by atoms with Gasteiger partial charge in [-0.15, -0.1) is 0 Å². The van der Waals surface area contributed by atoms with E-state index in [0.29, 0.717) is 0 Å². The molecule has 0 radical (unpaired) electrons. The standard InChI is InChI=1S/C10H19NO3/c1-9(2,3)14-8(13)11-6-10(4,5)7-12/h7H,6H2,1-5H3,(H,11,13). The van der Waals surface area contributed by atoms with Crippen LogP contribution in [0, 0.1) is 5.41 Å². The second-order valence-electron chi connectivity index (χ2n) is 4.96. The Kier molecular flexibility index (Phi) is 4.10. The van der Waals surface area contributed by atoms with Crippen molar-refractivity contribution in [2.75, 3.05) is 6.54 Å². The fourth-order valence-electron chi connectivity index (χ4n) is 0.656. The molecule has 4 heteroatoms. The highest BCUT2D eigenvalue weighted by Gasteiger charge is 2.20. The van der Waals surface area contributed by atoms with Crippen molar-refractivity contribution in [2.24, 2.45) is 5.41 Å². The molecule has 0 aromatic rings. The number of nitrogens with one attached hydrogen (secondary N) is 1. The lowest BCUT2D eigenvalue weighted by atomic mass is 9.96. The van der Waals surface area contributed by atoms with Crippen LogP contribution in [0.4, 0.5) is 4.79 Å². The van der Waals surface area contributed by atoms with Crippen molar-refractivity contribution in [3.63, 3.8) is 0 Å². The molecule has 0 aliphatic carbocycles. The van der Waals surface area contributed by atoms with E-state index in [1.54, 1.807) is 34.6 Å². The van der Waals surface area contributed by atoms with E-state index < -0.39 is 17.1 Å². The first-order valence-corrected chi connectivity index (χ1v) is 4.59. The van der Waals surface area contributed by atoms with Crippen LogP contribution < -0.4 is 5.32 Å². The molecule has 0 aliphatic heterocycles. The van der Waals surface area contributed by atoms with Crippen molar-refractivity contribution in [3.05, 3.63) is 0 Å². The number of alkyl carbamates (subject to hydrolysis) is 1. The molecule has 0 aromatic heterocycles. The van der Waals surface area contributed by atoms with E-state index >= 15 is 0 Å². The van der Waals surface area contributed by atoms with Crippen LogP contribution in [0.2, 0.25) is 0 Å². The number of ether oxygens (including phenoxy) is 1. The molecular weight excluding hydrogens is 182 g/mol. The molecule has 82 valence electrons. The van der Waals surface area contributed by atoms with E-state index in [4.69, 9.17) is 4.74 Å². The number of carbonyl (C=O) groups excluding carboxylic acids is 2. The molecule has 0 aromatic carbocycles. The van der Waals surface area contributed by atoms with Crippen LogP contribution in [0.15, 0.2) is 0 Å². The van der Waals surface area contributed by atoms with Crippen LogP contribution in [0.5, 0.6) is 0 Å². The minimum Gasteiger partial charge on any atom is -0.444 e. The monoisotopic (exact) mass is 201 g/mol. The SMILES string of the molecule is CC(C)(C=O)CNC(=O)OC(C)(C)C. The summed E-state index contributed by atoms with van der Waals surface area (Å²) in [4.78, 5) is 21.7. The van der Waals surface area contributed by atoms with Crippen molar-refractivity contribution < 1.29 is 14.3 Å². The second-order valence-corrected chi connectivity index (χ2v) is 4.96. The molecule has 0 unspecified atom stereocenters. The van der Waals surface area contributed by atoms with Crippen LogP contribution >= 0.6 is 0 Å². The number of hydrogen-bond donors (Lipinski definition) is 1. The lowest BCUT2D eigenvalue weighted by molar-refractivity contribution is -0.114. The van der Waals surface area contributed by atoms with Gasteiger partial charge in [0, 0.05) is 12.0 Å². The summed E-state index contributed by atoms with van der Waals surface area (Å²) in [6.45, 7) is 9.15. The molecule has 1 amide bonds. The second kappa shape index (κ2) is 4.44. The van der Waals surface area contributed by atoms with Gasteiger partial charge in [0.2, 0.25) is 0 Å². The molecule has 1 N–H and O–H groups in total. The van der Waals surface area contributed by atoms with Crippen molar-refractivity contribution in [1.29, 1.82) is 0 Å². The first-order chi connectivity index (χ1) is 6.16. The molecule has 4 nitrogen and oxygen atoms in total. The first kappa shape index (κ1) is 12.9. The van der Waals surface area contributed by atoms with Gasteiger partial charge in [0.05, 0.1) is 0 Å². The number of aldehydes is 1. The largest absolute Gasteiger partial charge is 0.444 e. The van der Waals surface area contributed by atoms with Gasteiger partial charge in [-0.05, 0) is 20.8 Å². The molecule has 0 fully saturated rings. The lowest BCUT2D eigenvalue weighted by Crippen LogP contribution is -2.38. The van der Waals surface area contributed by atoms with Crippen LogP contribution in [0.1, 0.15) is 34.6 Å². The van der Waals surface area contributed by atoms with Gasteiger partial charge in [-0.3, -0.25) is 0 Å². The Morgan fingerprint density at radius 3 is 2.14 bits per heavy atom. The highest BCUT2D eigenvalue weighted by molar-refractivity contribution is 5.69. The third-order valence-corrected chi connectivity index (χ3v) is 1.41. The number of carbonyl (C=O) groups is 2. The van der Waals surface area contributed by atoms with Gasteiger partial charge in [-0.1, -0.05) is 13.8 Å². The van der Waals surface area contributed by atoms with Crippen LogP contribution in [-0.4, -0.2) is 24.5 Å². The average molecular weight is 201 g/mol. The summed E-state index contributed by atoms with van der Waals surface area (Å²) in [7, 11) is 0. The summed E-state index contributed by atoms with van der Waals surface area (Å²) >= 11 is 0. The topological polar surface area (TPSA) is 55.4 Å². The normalized spacial score (nSPS) is 12.1. The van der Waals surface area contributed by atoms with E-state index in [1.807, 2.05) is 0 Å². The summed E-state index contributed by atoms with van der Waals surface area (Å²) in [5, 5.41) is 2.54. The lowest BCUT2D eigenvalue weighted by Gasteiger charge is -2.22. The Morgan fingerprint density at radius 2 is 1.79 bits per heavy atom. The van der Waals surface area contributed by atoms with Crippen LogP contribution in [0.25, 0.3) is 0 Å². The van der Waals surface area contributed by atoms with Gasteiger partial charge < -0.3 is 14.8 Å². The summed E-state index contributed by atoms with van der Waals surface area (Å²) in [6.07, 6.45) is 0.317. The third kappa shape index (κ3) is 6.46. The molecule has 0 saturated heterocycles. The van der Waals surface area contributed by atoms with E-state index in [-0.39, 0.29) is 6.54 Å². The number of hydrogen-bond acceptors (Lipinski definition) is 3. The molecule has 0 spiro atoms. The average Bonchev–Trinajstić information content (AvgIpc) is 1.98. The minimum atomic E-state index is -0.545. The van der Waals surface area contributed by atoms with Crippen molar-refractivity contribution in [2.45, 2.75) is 40.2 Å². The van der Waals surface area contributed by atoms with Gasteiger partial charge in [0.1, 0.15) is 11.9 Å². The quantitative estimate of drug-likeness (QED) is 0.707. The summed E-state index contributed by atoms with van der Waals surface area (Å²) < 4.78 is 5.01. The Hall–Kier alpha value is -1.06. The third-order valence-electron chi connectivity index (χ3n) is 1.41. The summed E-state index contributed by atoms with van der Waals surface area (Å²) in [5.41, 5.74) is -1.05. The van der Waals surface area contributed by atoms with Gasteiger partial charge in [-0.25, -0.2) is 4.79 Å². The zero-order chi connectivity index (χ0) is 11.4. The molecule has 0 heterocycles. The molecule has 0 saturated carbocycles. The highest BCUT2D eigenvalue weighted by Crippen LogP contribution is 2.10. The zero-order valence-electron chi connectivity index (χ0n) is 9.51. The highest BCUT2D eigenvalue weighted by atomic mass is 16.6. The Balaban J connectivity index is 3.93. The summed E-state index contributed by atoms with van der Waals surface area (Å²) in [5.74, 6) is 0. The molecular formula is C10H19NO3. The van der Waals surface area contributed by atoms with Gasteiger partial charge in [-0.2, -0.15) is 0 Å². The van der Waals surface area contributed by atoms with Gasteiger partial charge in [0.25, 0.3) is 0 Å². The van der Waals surface area contributed by atoms with Crippen molar-refractivity contribution in [1.82, 2.24) is 5.32 Å². The Morgan fingerprint density at radius 1 is 1.29 bits per heavy atom. The number of amides is 1. The minimum absolute atomic E-state index is 0.283. The van der Waals surface area contributed by atoms with Gasteiger partial charge in [0.15, 0.2) is 0 Å². The fourth-order valence-corrected chi connectivity index (χ4v) is 0.656. The fraction of sp³-hybridized carbons (Fsp3) is 0.800. The summed E-state index contributed by atoms with van der Waals surface area (Å²) in [6, 6.07) is 0. The molecule has 0 rings (SSSR count). The molecule has 0 atom stereocenters. The molecule has 0 aliphatic rings. The van der Waals surface area contributed by atoms with Crippen LogP contribution in [0.3, 0.4) is 0 Å². The molecule has 0 bridgehead atoms. The predicted octanol–water partition coefficient (Wildman–Crippen LogP) is 1.74. The maximum Gasteiger partial charge on any atom is 0.407 e. The number of rotatable bonds is 3. The Labute approximate surface area is 85.0 Å². The Bertz CT molecular complexity index is 216. The zero-order valence-corrected chi connectivity index (χ0v) is 9.51. The van der Waals surface area contributed by atoms with E-state index in [1.165, 1.54) is 0 Å². The van der Waals surface area contributed by atoms with E-state index in [0.717, 1.165) is 6.29 Å².